The Balaban J connectivity index is 1.90. The van der Waals surface area contributed by atoms with E-state index in [1.54, 1.807) is 23.1 Å². The van der Waals surface area contributed by atoms with Crippen molar-refractivity contribution in [2.45, 2.75) is 20.8 Å². The molecule has 1 aromatic carbocycles. The predicted molar refractivity (Wildman–Crippen MR) is 93.1 cm³/mol. The van der Waals surface area contributed by atoms with Gasteiger partial charge >= 0.3 is 0 Å². The highest BCUT2D eigenvalue weighted by molar-refractivity contribution is 6.30. The van der Waals surface area contributed by atoms with E-state index in [9.17, 15) is 9.59 Å². The largest absolute Gasteiger partial charge is 0.339 e. The number of benzene rings is 1. The van der Waals surface area contributed by atoms with Crippen molar-refractivity contribution in [2.75, 3.05) is 26.2 Å². The normalized spacial score (nSPS) is 16.0. The minimum atomic E-state index is -0.376. The van der Waals surface area contributed by atoms with Gasteiger partial charge in [-0.15, -0.1) is 0 Å². The summed E-state index contributed by atoms with van der Waals surface area (Å²) in [5.74, 6) is 0.104. The zero-order valence-electron chi connectivity index (χ0n) is 13.9. The summed E-state index contributed by atoms with van der Waals surface area (Å²) in [4.78, 5) is 28.1. The maximum atomic E-state index is 12.2. The predicted octanol–water partition coefficient (Wildman–Crippen LogP) is 3.07. The summed E-state index contributed by atoms with van der Waals surface area (Å²) in [5.41, 5.74) is 0.519. The Bertz CT molecular complexity index is 612. The Labute approximate surface area is 142 Å². The Morgan fingerprint density at radius 1 is 1.09 bits per heavy atom. The third-order valence-electron chi connectivity index (χ3n) is 3.79. The first-order chi connectivity index (χ1) is 10.8. The van der Waals surface area contributed by atoms with Crippen LogP contribution >= 0.6 is 11.6 Å². The summed E-state index contributed by atoms with van der Waals surface area (Å²) < 4.78 is 0. The average molecular weight is 335 g/mol. The summed E-state index contributed by atoms with van der Waals surface area (Å²) in [7, 11) is 0. The van der Waals surface area contributed by atoms with E-state index in [0.29, 0.717) is 31.2 Å². The smallest absolute Gasteiger partial charge is 0.246 e. The van der Waals surface area contributed by atoms with Crippen LogP contribution in [0.2, 0.25) is 5.02 Å². The van der Waals surface area contributed by atoms with E-state index < -0.39 is 0 Å². The van der Waals surface area contributed by atoms with Gasteiger partial charge in [-0.05, 0) is 23.8 Å². The molecule has 1 aromatic rings. The van der Waals surface area contributed by atoms with Crippen molar-refractivity contribution in [3.05, 3.63) is 40.9 Å². The van der Waals surface area contributed by atoms with E-state index in [0.717, 1.165) is 5.56 Å². The molecule has 2 amide bonds. The highest BCUT2D eigenvalue weighted by Crippen LogP contribution is 2.19. The lowest BCUT2D eigenvalue weighted by Crippen LogP contribution is -2.52. The number of carbonyl (C=O) groups excluding carboxylic acids is 2. The average Bonchev–Trinajstić information content (AvgIpc) is 2.51. The van der Waals surface area contributed by atoms with Crippen LogP contribution in [0.1, 0.15) is 26.3 Å². The van der Waals surface area contributed by atoms with E-state index in [4.69, 9.17) is 11.6 Å². The number of halogens is 1. The molecular weight excluding hydrogens is 312 g/mol. The lowest BCUT2D eigenvalue weighted by molar-refractivity contribution is -0.143. The highest BCUT2D eigenvalue weighted by Gasteiger charge is 2.30. The highest BCUT2D eigenvalue weighted by atomic mass is 35.5. The lowest BCUT2D eigenvalue weighted by Gasteiger charge is -2.37. The lowest BCUT2D eigenvalue weighted by atomic mass is 9.94. The molecule has 4 nitrogen and oxygen atoms in total. The second-order valence-corrected chi connectivity index (χ2v) is 7.19. The number of hydrogen-bond donors (Lipinski definition) is 0. The van der Waals surface area contributed by atoms with Crippen molar-refractivity contribution in [1.82, 2.24) is 9.80 Å². The van der Waals surface area contributed by atoms with Gasteiger partial charge in [0.1, 0.15) is 0 Å². The van der Waals surface area contributed by atoms with Crippen LogP contribution in [-0.4, -0.2) is 47.8 Å². The molecule has 0 radical (unpaired) electrons. The van der Waals surface area contributed by atoms with Crippen LogP contribution in [0.3, 0.4) is 0 Å². The third kappa shape index (κ3) is 4.83. The number of nitrogens with zero attached hydrogens (tertiary/aromatic N) is 2. The summed E-state index contributed by atoms with van der Waals surface area (Å²) in [6.45, 7) is 8.07. The van der Waals surface area contributed by atoms with Gasteiger partial charge in [0.15, 0.2) is 0 Å². The Morgan fingerprint density at radius 2 is 1.70 bits per heavy atom. The van der Waals surface area contributed by atoms with Crippen molar-refractivity contribution in [2.24, 2.45) is 5.41 Å². The van der Waals surface area contributed by atoms with Gasteiger partial charge in [-0.25, -0.2) is 0 Å². The Morgan fingerprint density at radius 3 is 2.26 bits per heavy atom. The summed E-state index contributed by atoms with van der Waals surface area (Å²) >= 11 is 5.92. The molecule has 1 saturated heterocycles. The fourth-order valence-corrected chi connectivity index (χ4v) is 2.69. The van der Waals surface area contributed by atoms with Gasteiger partial charge in [0.25, 0.3) is 0 Å². The molecule has 0 N–H and O–H groups in total. The van der Waals surface area contributed by atoms with Crippen LogP contribution in [0.25, 0.3) is 6.08 Å². The number of hydrogen-bond acceptors (Lipinski definition) is 2. The number of rotatable bonds is 2. The maximum Gasteiger partial charge on any atom is 0.246 e. The summed E-state index contributed by atoms with van der Waals surface area (Å²) in [5, 5.41) is 0.647. The molecule has 5 heteroatoms. The van der Waals surface area contributed by atoms with Gasteiger partial charge in [0.2, 0.25) is 11.8 Å². The molecule has 1 aliphatic rings. The fourth-order valence-electron chi connectivity index (χ4n) is 2.49. The number of piperazine rings is 1. The van der Waals surface area contributed by atoms with Gasteiger partial charge in [-0.3, -0.25) is 9.59 Å². The topological polar surface area (TPSA) is 40.6 Å². The first kappa shape index (κ1) is 17.5. The SMILES string of the molecule is CC(C)(C)C(=O)N1CCN(C(=O)/C=C/c2cccc(Cl)c2)CC1. The van der Waals surface area contributed by atoms with Gasteiger partial charge in [0, 0.05) is 42.7 Å². The maximum absolute atomic E-state index is 12.2. The molecule has 0 bridgehead atoms. The zero-order chi connectivity index (χ0) is 17.0. The molecule has 0 spiro atoms. The molecule has 0 unspecified atom stereocenters. The van der Waals surface area contributed by atoms with Gasteiger partial charge in [-0.1, -0.05) is 44.5 Å². The molecule has 0 atom stereocenters. The van der Waals surface area contributed by atoms with Crippen LogP contribution in [0.4, 0.5) is 0 Å². The van der Waals surface area contributed by atoms with E-state index in [1.807, 2.05) is 43.9 Å². The van der Waals surface area contributed by atoms with Crippen molar-refractivity contribution >= 4 is 29.5 Å². The van der Waals surface area contributed by atoms with E-state index in [1.165, 1.54) is 0 Å². The van der Waals surface area contributed by atoms with Crippen molar-refractivity contribution in [1.29, 1.82) is 0 Å². The molecule has 23 heavy (non-hydrogen) atoms. The second-order valence-electron chi connectivity index (χ2n) is 6.76. The van der Waals surface area contributed by atoms with Crippen LogP contribution in [0.5, 0.6) is 0 Å². The van der Waals surface area contributed by atoms with Crippen LogP contribution in [0, 0.1) is 5.41 Å². The number of amides is 2. The first-order valence-corrected chi connectivity index (χ1v) is 8.17. The molecule has 1 fully saturated rings. The number of carbonyl (C=O) groups is 2. The monoisotopic (exact) mass is 334 g/mol. The molecule has 0 saturated carbocycles. The van der Waals surface area contributed by atoms with Crippen molar-refractivity contribution in [3.63, 3.8) is 0 Å². The van der Waals surface area contributed by atoms with Gasteiger partial charge in [0.05, 0.1) is 0 Å². The Kier molecular flexibility index (Phi) is 5.47. The molecule has 124 valence electrons. The van der Waals surface area contributed by atoms with Crippen LogP contribution in [0.15, 0.2) is 30.3 Å². The summed E-state index contributed by atoms with van der Waals surface area (Å²) in [6, 6.07) is 7.36. The Hall–Kier alpha value is -1.81. The van der Waals surface area contributed by atoms with Gasteiger partial charge < -0.3 is 9.80 Å². The molecule has 0 aromatic heterocycles. The van der Waals surface area contributed by atoms with Crippen molar-refractivity contribution in [3.8, 4) is 0 Å². The quantitative estimate of drug-likeness (QED) is 0.780. The van der Waals surface area contributed by atoms with E-state index >= 15 is 0 Å². The molecule has 0 aliphatic carbocycles. The molecular formula is C18H23ClN2O2. The standard InChI is InChI=1S/C18H23ClN2O2/c1-18(2,3)17(23)21-11-9-20(10-12-21)16(22)8-7-14-5-4-6-15(19)13-14/h4-8,13H,9-12H2,1-3H3/b8-7+. The second kappa shape index (κ2) is 7.18. The molecule has 2 rings (SSSR count). The molecule has 1 heterocycles. The van der Waals surface area contributed by atoms with Crippen molar-refractivity contribution < 1.29 is 9.59 Å². The molecule has 1 aliphatic heterocycles. The minimum Gasteiger partial charge on any atom is -0.339 e. The first-order valence-electron chi connectivity index (χ1n) is 7.79. The van der Waals surface area contributed by atoms with Gasteiger partial charge in [-0.2, -0.15) is 0 Å². The zero-order valence-corrected chi connectivity index (χ0v) is 14.6. The van der Waals surface area contributed by atoms with Crippen LogP contribution in [-0.2, 0) is 9.59 Å². The third-order valence-corrected chi connectivity index (χ3v) is 4.02. The fraction of sp³-hybridized carbons (Fsp3) is 0.444. The summed E-state index contributed by atoms with van der Waals surface area (Å²) in [6.07, 6.45) is 3.33. The van der Waals surface area contributed by atoms with Crippen LogP contribution < -0.4 is 0 Å². The minimum absolute atomic E-state index is 0.0344. The van der Waals surface area contributed by atoms with E-state index in [-0.39, 0.29) is 17.2 Å². The van der Waals surface area contributed by atoms with E-state index in [2.05, 4.69) is 0 Å².